The second kappa shape index (κ2) is 5.97. The summed E-state index contributed by atoms with van der Waals surface area (Å²) in [5, 5.41) is 7.79. The van der Waals surface area contributed by atoms with E-state index in [0.29, 0.717) is 0 Å². The molecule has 0 aliphatic carbocycles. The second-order valence-electron chi connectivity index (χ2n) is 4.88. The number of pyridine rings is 1. The van der Waals surface area contributed by atoms with Crippen molar-refractivity contribution in [3.63, 3.8) is 0 Å². The van der Waals surface area contributed by atoms with Crippen LogP contribution in [0.5, 0.6) is 0 Å². The zero-order valence-corrected chi connectivity index (χ0v) is 12.1. The average Bonchev–Trinajstić information content (AvgIpc) is 2.78. The Bertz CT molecular complexity index is 525. The van der Waals surface area contributed by atoms with Gasteiger partial charge in [-0.2, -0.15) is 5.10 Å². The minimum atomic E-state index is 0.162. The normalized spacial score (nSPS) is 12.6. The van der Waals surface area contributed by atoms with Crippen molar-refractivity contribution in [3.8, 4) is 0 Å². The molecule has 102 valence electrons. The van der Waals surface area contributed by atoms with Crippen LogP contribution < -0.4 is 5.32 Å². The minimum Gasteiger partial charge on any atom is -0.308 e. The summed E-state index contributed by atoms with van der Waals surface area (Å²) >= 11 is 0. The Hall–Kier alpha value is -1.68. The highest BCUT2D eigenvalue weighted by Crippen LogP contribution is 2.22. The van der Waals surface area contributed by atoms with Crippen molar-refractivity contribution in [1.82, 2.24) is 20.1 Å². The Labute approximate surface area is 114 Å². The molecule has 1 atom stereocenters. The molecule has 2 rings (SSSR count). The maximum absolute atomic E-state index is 4.44. The SMILES string of the molecule is CCCn1nccc1C(NC)c1cc(C)nc(C)c1. The van der Waals surface area contributed by atoms with Gasteiger partial charge in [0.25, 0.3) is 0 Å². The van der Waals surface area contributed by atoms with Gasteiger partial charge in [0.05, 0.1) is 11.7 Å². The summed E-state index contributed by atoms with van der Waals surface area (Å²) in [4.78, 5) is 4.44. The fourth-order valence-corrected chi connectivity index (χ4v) is 2.51. The molecular weight excluding hydrogens is 236 g/mol. The van der Waals surface area contributed by atoms with Gasteiger partial charge in [-0.1, -0.05) is 6.92 Å². The van der Waals surface area contributed by atoms with Gasteiger partial charge in [0.15, 0.2) is 0 Å². The summed E-state index contributed by atoms with van der Waals surface area (Å²) in [5.74, 6) is 0. The predicted octanol–water partition coefficient (Wildman–Crippen LogP) is 2.61. The van der Waals surface area contributed by atoms with Gasteiger partial charge in [0.1, 0.15) is 0 Å². The maximum atomic E-state index is 4.44. The van der Waals surface area contributed by atoms with Crippen molar-refractivity contribution in [3.05, 3.63) is 47.0 Å². The molecule has 0 radical (unpaired) electrons. The Morgan fingerprint density at radius 2 is 1.95 bits per heavy atom. The summed E-state index contributed by atoms with van der Waals surface area (Å²) in [6, 6.07) is 6.52. The van der Waals surface area contributed by atoms with E-state index in [0.717, 1.165) is 24.4 Å². The van der Waals surface area contributed by atoms with Gasteiger partial charge in [0, 0.05) is 24.1 Å². The van der Waals surface area contributed by atoms with Gasteiger partial charge in [0.2, 0.25) is 0 Å². The van der Waals surface area contributed by atoms with Crippen LogP contribution in [0.25, 0.3) is 0 Å². The van der Waals surface area contributed by atoms with Crippen LogP contribution >= 0.6 is 0 Å². The highest BCUT2D eigenvalue weighted by molar-refractivity contribution is 5.30. The molecule has 0 aliphatic heterocycles. The van der Waals surface area contributed by atoms with Crippen LogP contribution in [-0.4, -0.2) is 21.8 Å². The Morgan fingerprint density at radius 1 is 1.26 bits per heavy atom. The van der Waals surface area contributed by atoms with Gasteiger partial charge in [-0.25, -0.2) is 0 Å². The van der Waals surface area contributed by atoms with Crippen LogP contribution in [0.3, 0.4) is 0 Å². The van der Waals surface area contributed by atoms with Crippen molar-refractivity contribution in [2.24, 2.45) is 0 Å². The number of nitrogens with zero attached hydrogens (tertiary/aromatic N) is 3. The zero-order valence-electron chi connectivity index (χ0n) is 12.1. The molecule has 0 aromatic carbocycles. The zero-order chi connectivity index (χ0) is 13.8. The molecule has 1 N–H and O–H groups in total. The minimum absolute atomic E-state index is 0.162. The first-order chi connectivity index (χ1) is 9.15. The summed E-state index contributed by atoms with van der Waals surface area (Å²) in [5.41, 5.74) is 4.55. The molecule has 2 aromatic rings. The van der Waals surface area contributed by atoms with Crippen molar-refractivity contribution in [2.75, 3.05) is 7.05 Å². The molecule has 0 fully saturated rings. The fourth-order valence-electron chi connectivity index (χ4n) is 2.51. The third-order valence-corrected chi connectivity index (χ3v) is 3.21. The van der Waals surface area contributed by atoms with Gasteiger partial charge in [-0.3, -0.25) is 9.67 Å². The Morgan fingerprint density at radius 3 is 2.53 bits per heavy atom. The van der Waals surface area contributed by atoms with Gasteiger partial charge >= 0.3 is 0 Å². The number of hydrogen-bond donors (Lipinski definition) is 1. The van der Waals surface area contributed by atoms with E-state index < -0.39 is 0 Å². The van der Waals surface area contributed by atoms with Crippen LogP contribution in [0.4, 0.5) is 0 Å². The third-order valence-electron chi connectivity index (χ3n) is 3.21. The third kappa shape index (κ3) is 3.01. The van der Waals surface area contributed by atoms with E-state index in [-0.39, 0.29) is 6.04 Å². The molecule has 4 nitrogen and oxygen atoms in total. The smallest absolute Gasteiger partial charge is 0.0747 e. The number of aromatic nitrogens is 3. The van der Waals surface area contributed by atoms with Crippen LogP contribution in [0.1, 0.15) is 42.0 Å². The molecule has 0 bridgehead atoms. The Kier molecular flexibility index (Phi) is 4.32. The lowest BCUT2D eigenvalue weighted by Crippen LogP contribution is -2.22. The molecular formula is C15H22N4. The number of rotatable bonds is 5. The lowest BCUT2D eigenvalue weighted by Gasteiger charge is -2.19. The molecule has 19 heavy (non-hydrogen) atoms. The first-order valence-corrected chi connectivity index (χ1v) is 6.80. The predicted molar refractivity (Wildman–Crippen MR) is 77.1 cm³/mol. The summed E-state index contributed by atoms with van der Waals surface area (Å²) in [6.07, 6.45) is 2.95. The molecule has 2 aromatic heterocycles. The largest absolute Gasteiger partial charge is 0.308 e. The van der Waals surface area contributed by atoms with Crippen LogP contribution in [0, 0.1) is 13.8 Å². The molecule has 4 heteroatoms. The molecule has 2 heterocycles. The standard InChI is InChI=1S/C15H22N4/c1-5-8-19-14(6-7-17-19)15(16-4)13-9-11(2)18-12(3)10-13/h6-7,9-10,15-16H,5,8H2,1-4H3. The highest BCUT2D eigenvalue weighted by Gasteiger charge is 2.17. The van der Waals surface area contributed by atoms with Crippen molar-refractivity contribution < 1.29 is 0 Å². The molecule has 0 spiro atoms. The Balaban J connectivity index is 2.40. The highest BCUT2D eigenvalue weighted by atomic mass is 15.3. The van der Waals surface area contributed by atoms with Crippen LogP contribution in [-0.2, 0) is 6.54 Å². The van der Waals surface area contributed by atoms with Crippen molar-refractivity contribution in [2.45, 2.75) is 39.8 Å². The van der Waals surface area contributed by atoms with Crippen molar-refractivity contribution in [1.29, 1.82) is 0 Å². The maximum Gasteiger partial charge on any atom is 0.0747 e. The summed E-state index contributed by atoms with van der Waals surface area (Å²) in [6.45, 7) is 7.18. The lowest BCUT2D eigenvalue weighted by atomic mass is 10.0. The van der Waals surface area contributed by atoms with E-state index in [9.17, 15) is 0 Å². The number of hydrogen-bond acceptors (Lipinski definition) is 3. The first-order valence-electron chi connectivity index (χ1n) is 6.80. The van der Waals surface area contributed by atoms with E-state index in [1.54, 1.807) is 0 Å². The number of nitrogens with one attached hydrogen (secondary N) is 1. The van der Waals surface area contributed by atoms with E-state index in [1.807, 2.05) is 27.1 Å². The lowest BCUT2D eigenvalue weighted by molar-refractivity contribution is 0.534. The van der Waals surface area contributed by atoms with E-state index in [2.05, 4.69) is 45.2 Å². The molecule has 0 aliphatic rings. The topological polar surface area (TPSA) is 42.7 Å². The molecule has 0 amide bonds. The van der Waals surface area contributed by atoms with Gasteiger partial charge < -0.3 is 5.32 Å². The van der Waals surface area contributed by atoms with Gasteiger partial charge in [-0.05, 0) is 51.1 Å². The average molecular weight is 258 g/mol. The van der Waals surface area contributed by atoms with Crippen LogP contribution in [0.2, 0.25) is 0 Å². The summed E-state index contributed by atoms with van der Waals surface area (Å²) in [7, 11) is 1.99. The van der Waals surface area contributed by atoms with E-state index in [1.165, 1.54) is 11.3 Å². The van der Waals surface area contributed by atoms with Crippen molar-refractivity contribution >= 4 is 0 Å². The summed E-state index contributed by atoms with van der Waals surface area (Å²) < 4.78 is 2.08. The number of aryl methyl sites for hydroxylation is 3. The van der Waals surface area contributed by atoms with Crippen LogP contribution in [0.15, 0.2) is 24.4 Å². The second-order valence-corrected chi connectivity index (χ2v) is 4.88. The first kappa shape index (κ1) is 13.7. The fraction of sp³-hybridized carbons (Fsp3) is 0.467. The molecule has 1 unspecified atom stereocenters. The molecule has 0 saturated heterocycles. The van der Waals surface area contributed by atoms with E-state index in [4.69, 9.17) is 0 Å². The monoisotopic (exact) mass is 258 g/mol. The quantitative estimate of drug-likeness (QED) is 0.896. The van der Waals surface area contributed by atoms with E-state index >= 15 is 0 Å². The molecule has 0 saturated carbocycles. The van der Waals surface area contributed by atoms with Gasteiger partial charge in [-0.15, -0.1) is 0 Å².